The Morgan fingerprint density at radius 3 is 2.67 bits per heavy atom. The standard InChI is InChI=1S/C14H19F2NO/c1-8(2)13-10-5-4-6-11(18-14(15)16)12(10)9(3)7-17-13/h4-6,8-9,13-14,17H,7H2,1-3H3. The molecule has 0 bridgehead atoms. The lowest BCUT2D eigenvalue weighted by Gasteiger charge is -2.34. The lowest BCUT2D eigenvalue weighted by atomic mass is 9.83. The molecule has 18 heavy (non-hydrogen) atoms. The van der Waals surface area contributed by atoms with Crippen molar-refractivity contribution in [1.82, 2.24) is 5.32 Å². The molecule has 0 spiro atoms. The number of fused-ring (bicyclic) bond motifs is 1. The monoisotopic (exact) mass is 255 g/mol. The summed E-state index contributed by atoms with van der Waals surface area (Å²) < 4.78 is 29.5. The van der Waals surface area contributed by atoms with Crippen molar-refractivity contribution in [3.05, 3.63) is 29.3 Å². The molecule has 0 aromatic heterocycles. The normalized spacial score (nSPS) is 23.3. The fourth-order valence-corrected chi connectivity index (χ4v) is 2.67. The molecule has 2 rings (SSSR count). The Labute approximate surface area is 106 Å². The summed E-state index contributed by atoms with van der Waals surface area (Å²) in [7, 11) is 0. The first-order valence-corrected chi connectivity index (χ1v) is 6.31. The molecule has 2 atom stereocenters. The van der Waals surface area contributed by atoms with Gasteiger partial charge in [0.15, 0.2) is 0 Å². The summed E-state index contributed by atoms with van der Waals surface area (Å²) in [4.78, 5) is 0. The highest BCUT2D eigenvalue weighted by Crippen LogP contribution is 2.39. The SMILES string of the molecule is CC1CNC(C(C)C)c2cccc(OC(F)F)c21. The zero-order chi connectivity index (χ0) is 13.3. The second-order valence-corrected chi connectivity index (χ2v) is 5.17. The highest BCUT2D eigenvalue weighted by atomic mass is 19.3. The number of ether oxygens (including phenoxy) is 1. The fourth-order valence-electron chi connectivity index (χ4n) is 2.67. The van der Waals surface area contributed by atoms with E-state index in [1.54, 1.807) is 12.1 Å². The molecular formula is C14H19F2NO. The molecule has 0 saturated carbocycles. The minimum Gasteiger partial charge on any atom is -0.435 e. The number of hydrogen-bond acceptors (Lipinski definition) is 2. The van der Waals surface area contributed by atoms with Crippen molar-refractivity contribution in [2.24, 2.45) is 5.92 Å². The van der Waals surface area contributed by atoms with Gasteiger partial charge in [0, 0.05) is 18.2 Å². The van der Waals surface area contributed by atoms with E-state index in [0.717, 1.165) is 17.7 Å². The Bertz CT molecular complexity index is 420. The van der Waals surface area contributed by atoms with Gasteiger partial charge in [-0.15, -0.1) is 0 Å². The molecular weight excluding hydrogens is 236 g/mol. The third-order valence-electron chi connectivity index (χ3n) is 3.45. The number of benzene rings is 1. The molecule has 0 fully saturated rings. The maximum Gasteiger partial charge on any atom is 0.387 e. The average Bonchev–Trinajstić information content (AvgIpc) is 2.28. The molecule has 1 aromatic rings. The van der Waals surface area contributed by atoms with E-state index in [1.165, 1.54) is 0 Å². The second-order valence-electron chi connectivity index (χ2n) is 5.17. The number of rotatable bonds is 3. The summed E-state index contributed by atoms with van der Waals surface area (Å²) in [6, 6.07) is 5.62. The van der Waals surface area contributed by atoms with E-state index in [1.807, 2.05) is 13.0 Å². The van der Waals surface area contributed by atoms with Gasteiger partial charge in [-0.1, -0.05) is 32.9 Å². The number of alkyl halides is 2. The molecule has 1 aliphatic rings. The molecule has 0 saturated heterocycles. The Balaban J connectivity index is 2.44. The molecule has 1 aliphatic heterocycles. The van der Waals surface area contributed by atoms with Crippen LogP contribution in [0.1, 0.15) is 43.9 Å². The van der Waals surface area contributed by atoms with Crippen LogP contribution in [0.15, 0.2) is 18.2 Å². The number of halogens is 2. The van der Waals surface area contributed by atoms with Crippen LogP contribution in [0.5, 0.6) is 5.75 Å². The van der Waals surface area contributed by atoms with E-state index in [2.05, 4.69) is 23.9 Å². The summed E-state index contributed by atoms with van der Waals surface area (Å²) in [5, 5.41) is 3.46. The van der Waals surface area contributed by atoms with E-state index in [-0.39, 0.29) is 12.0 Å². The minimum absolute atomic E-state index is 0.185. The molecule has 0 radical (unpaired) electrons. The van der Waals surface area contributed by atoms with Crippen molar-refractivity contribution in [3.8, 4) is 5.75 Å². The van der Waals surface area contributed by atoms with Gasteiger partial charge in [-0.3, -0.25) is 0 Å². The predicted octanol–water partition coefficient (Wildman–Crippen LogP) is 3.69. The van der Waals surface area contributed by atoms with Crippen LogP contribution >= 0.6 is 0 Å². The third-order valence-corrected chi connectivity index (χ3v) is 3.45. The van der Waals surface area contributed by atoms with Crippen molar-refractivity contribution in [1.29, 1.82) is 0 Å². The van der Waals surface area contributed by atoms with E-state index in [4.69, 9.17) is 0 Å². The Morgan fingerprint density at radius 1 is 1.33 bits per heavy atom. The second kappa shape index (κ2) is 5.22. The van der Waals surface area contributed by atoms with E-state index < -0.39 is 6.61 Å². The first kappa shape index (κ1) is 13.3. The van der Waals surface area contributed by atoms with Crippen LogP contribution in [0, 0.1) is 5.92 Å². The molecule has 100 valence electrons. The van der Waals surface area contributed by atoms with Crippen LogP contribution in [-0.4, -0.2) is 13.2 Å². The Kier molecular flexibility index (Phi) is 3.85. The van der Waals surface area contributed by atoms with Crippen molar-refractivity contribution >= 4 is 0 Å². The van der Waals surface area contributed by atoms with Gasteiger partial charge in [0.2, 0.25) is 0 Å². The fraction of sp³-hybridized carbons (Fsp3) is 0.571. The molecule has 0 aliphatic carbocycles. The third kappa shape index (κ3) is 2.48. The zero-order valence-electron chi connectivity index (χ0n) is 10.9. The first-order valence-electron chi connectivity index (χ1n) is 6.31. The smallest absolute Gasteiger partial charge is 0.387 e. The van der Waals surface area contributed by atoms with E-state index in [9.17, 15) is 8.78 Å². The lowest BCUT2D eigenvalue weighted by molar-refractivity contribution is -0.0507. The van der Waals surface area contributed by atoms with Crippen LogP contribution < -0.4 is 10.1 Å². The van der Waals surface area contributed by atoms with Crippen molar-refractivity contribution in [2.75, 3.05) is 6.54 Å². The largest absolute Gasteiger partial charge is 0.435 e. The van der Waals surface area contributed by atoms with Gasteiger partial charge in [0.25, 0.3) is 0 Å². The Hall–Kier alpha value is -1.16. The first-order chi connectivity index (χ1) is 8.50. The maximum atomic E-state index is 12.4. The summed E-state index contributed by atoms with van der Waals surface area (Å²) in [5.41, 5.74) is 2.01. The predicted molar refractivity (Wildman–Crippen MR) is 67.1 cm³/mol. The summed E-state index contributed by atoms with van der Waals surface area (Å²) in [6.07, 6.45) is 0. The van der Waals surface area contributed by atoms with Crippen molar-refractivity contribution in [2.45, 2.75) is 39.3 Å². The van der Waals surface area contributed by atoms with Gasteiger partial charge in [0.05, 0.1) is 0 Å². The van der Waals surface area contributed by atoms with Crippen molar-refractivity contribution < 1.29 is 13.5 Å². The summed E-state index contributed by atoms with van der Waals surface area (Å²) in [6.45, 7) is 4.30. The average molecular weight is 255 g/mol. The van der Waals surface area contributed by atoms with E-state index in [0.29, 0.717) is 11.7 Å². The summed E-state index contributed by atoms with van der Waals surface area (Å²) in [5.74, 6) is 0.921. The summed E-state index contributed by atoms with van der Waals surface area (Å²) >= 11 is 0. The lowest BCUT2D eigenvalue weighted by Crippen LogP contribution is -2.35. The van der Waals surface area contributed by atoms with E-state index >= 15 is 0 Å². The maximum absolute atomic E-state index is 12.4. The molecule has 2 nitrogen and oxygen atoms in total. The quantitative estimate of drug-likeness (QED) is 0.889. The number of nitrogens with one attached hydrogen (secondary N) is 1. The van der Waals surface area contributed by atoms with Gasteiger partial charge in [0.1, 0.15) is 5.75 Å². The van der Waals surface area contributed by atoms with Gasteiger partial charge >= 0.3 is 6.61 Å². The Morgan fingerprint density at radius 2 is 2.06 bits per heavy atom. The van der Waals surface area contributed by atoms with Crippen LogP contribution in [0.3, 0.4) is 0 Å². The molecule has 4 heteroatoms. The highest BCUT2D eigenvalue weighted by molar-refractivity contribution is 5.46. The molecule has 1 N–H and O–H groups in total. The molecule has 2 unspecified atom stereocenters. The van der Waals surface area contributed by atoms with Crippen LogP contribution in [0.25, 0.3) is 0 Å². The van der Waals surface area contributed by atoms with Gasteiger partial charge < -0.3 is 10.1 Å². The van der Waals surface area contributed by atoms with Crippen LogP contribution in [0.4, 0.5) is 8.78 Å². The topological polar surface area (TPSA) is 21.3 Å². The minimum atomic E-state index is -2.77. The zero-order valence-corrected chi connectivity index (χ0v) is 10.9. The number of hydrogen-bond donors (Lipinski definition) is 1. The van der Waals surface area contributed by atoms with Crippen molar-refractivity contribution in [3.63, 3.8) is 0 Å². The van der Waals surface area contributed by atoms with Crippen LogP contribution in [-0.2, 0) is 0 Å². The van der Waals surface area contributed by atoms with Gasteiger partial charge in [-0.05, 0) is 23.5 Å². The molecule has 0 amide bonds. The highest BCUT2D eigenvalue weighted by Gasteiger charge is 2.29. The molecule has 1 aromatic carbocycles. The molecule has 1 heterocycles. The van der Waals surface area contributed by atoms with Gasteiger partial charge in [-0.2, -0.15) is 8.78 Å². The van der Waals surface area contributed by atoms with Crippen LogP contribution in [0.2, 0.25) is 0 Å². The van der Waals surface area contributed by atoms with Gasteiger partial charge in [-0.25, -0.2) is 0 Å².